The van der Waals surface area contributed by atoms with Crippen molar-refractivity contribution in [2.75, 3.05) is 23.7 Å². The lowest BCUT2D eigenvalue weighted by Gasteiger charge is -2.14. The number of aromatic nitrogens is 3. The Morgan fingerprint density at radius 1 is 1.13 bits per heavy atom. The Morgan fingerprint density at radius 3 is 2.39 bits per heavy atom. The molecule has 0 bridgehead atoms. The minimum atomic E-state index is -4.25. The summed E-state index contributed by atoms with van der Waals surface area (Å²) in [5.41, 5.74) is -0.585. The second-order valence-corrected chi connectivity index (χ2v) is 6.50. The Labute approximate surface area is 132 Å². The van der Waals surface area contributed by atoms with Gasteiger partial charge in [-0.3, -0.25) is 0 Å². The van der Waals surface area contributed by atoms with Gasteiger partial charge in [0.05, 0.1) is 4.90 Å². The van der Waals surface area contributed by atoms with Gasteiger partial charge >= 0.3 is 0 Å². The first-order chi connectivity index (χ1) is 10.7. The first-order valence-electron chi connectivity index (χ1n) is 6.50. The highest BCUT2D eigenvalue weighted by Gasteiger charge is 2.24. The standard InChI is InChI=1S/C13H15F2N5O2S/c1-8-16-12(18-13(17-8)20(2)3)19-23(21,22)10-7-5-4-6-9(10)11(14)15/h4-7,11H,1-3H3,(H,16,17,18,19). The zero-order valence-corrected chi connectivity index (χ0v) is 13.5. The summed E-state index contributed by atoms with van der Waals surface area (Å²) in [7, 11) is -0.890. The van der Waals surface area contributed by atoms with E-state index in [1.165, 1.54) is 12.1 Å². The van der Waals surface area contributed by atoms with E-state index in [1.807, 2.05) is 0 Å². The van der Waals surface area contributed by atoms with Gasteiger partial charge in [0.15, 0.2) is 0 Å². The highest BCUT2D eigenvalue weighted by molar-refractivity contribution is 7.92. The quantitative estimate of drug-likeness (QED) is 0.893. The minimum absolute atomic E-state index is 0.231. The molecule has 2 rings (SSSR count). The van der Waals surface area contributed by atoms with Crippen molar-refractivity contribution in [2.45, 2.75) is 18.2 Å². The maximum Gasteiger partial charge on any atom is 0.265 e. The second kappa shape index (κ2) is 6.41. The number of anilines is 2. The lowest BCUT2D eigenvalue weighted by atomic mass is 10.2. The summed E-state index contributed by atoms with van der Waals surface area (Å²) >= 11 is 0. The summed E-state index contributed by atoms with van der Waals surface area (Å²) in [5.74, 6) is 0.311. The fourth-order valence-corrected chi connectivity index (χ4v) is 2.96. The van der Waals surface area contributed by atoms with Gasteiger partial charge in [-0.05, 0) is 13.0 Å². The number of hydrogen-bond donors (Lipinski definition) is 1. The fourth-order valence-electron chi connectivity index (χ4n) is 1.79. The number of halogens is 2. The number of aryl methyl sites for hydroxylation is 1. The van der Waals surface area contributed by atoms with E-state index in [0.717, 1.165) is 12.1 Å². The van der Waals surface area contributed by atoms with E-state index in [9.17, 15) is 17.2 Å². The summed E-state index contributed by atoms with van der Waals surface area (Å²) in [6, 6.07) is 4.87. The van der Waals surface area contributed by atoms with E-state index in [4.69, 9.17) is 0 Å². The van der Waals surface area contributed by atoms with Crippen LogP contribution in [-0.4, -0.2) is 37.5 Å². The molecule has 0 unspecified atom stereocenters. The lowest BCUT2D eigenvalue weighted by molar-refractivity contribution is 0.148. The first-order valence-corrected chi connectivity index (χ1v) is 7.99. The summed E-state index contributed by atoms with van der Waals surface area (Å²) in [6.07, 6.45) is -2.92. The molecule has 0 aliphatic rings. The van der Waals surface area contributed by atoms with Crippen molar-refractivity contribution in [1.29, 1.82) is 0 Å². The number of sulfonamides is 1. The molecular weight excluding hydrogens is 328 g/mol. The molecule has 1 heterocycles. The van der Waals surface area contributed by atoms with Crippen molar-refractivity contribution in [2.24, 2.45) is 0 Å². The summed E-state index contributed by atoms with van der Waals surface area (Å²) in [5, 5.41) is 0. The molecule has 0 aliphatic carbocycles. The zero-order chi connectivity index (χ0) is 17.2. The third-order valence-corrected chi connectivity index (χ3v) is 4.21. The average Bonchev–Trinajstić information content (AvgIpc) is 2.46. The van der Waals surface area contributed by atoms with Crippen LogP contribution in [0.1, 0.15) is 17.8 Å². The van der Waals surface area contributed by atoms with Gasteiger partial charge in [-0.1, -0.05) is 18.2 Å². The van der Waals surface area contributed by atoms with Gasteiger partial charge in [0.1, 0.15) is 5.82 Å². The van der Waals surface area contributed by atoms with E-state index < -0.39 is 26.9 Å². The molecule has 0 radical (unpaired) electrons. The molecule has 0 aliphatic heterocycles. The number of rotatable bonds is 5. The van der Waals surface area contributed by atoms with Crippen LogP contribution in [0, 0.1) is 6.92 Å². The van der Waals surface area contributed by atoms with Crippen molar-refractivity contribution in [3.8, 4) is 0 Å². The van der Waals surface area contributed by atoms with Crippen molar-refractivity contribution >= 4 is 21.9 Å². The molecule has 23 heavy (non-hydrogen) atoms. The van der Waals surface area contributed by atoms with E-state index in [1.54, 1.807) is 25.9 Å². The number of benzene rings is 1. The number of nitrogens with zero attached hydrogens (tertiary/aromatic N) is 4. The van der Waals surface area contributed by atoms with Crippen molar-refractivity contribution in [1.82, 2.24) is 15.0 Å². The van der Waals surface area contributed by atoms with Crippen molar-refractivity contribution in [3.05, 3.63) is 35.7 Å². The van der Waals surface area contributed by atoms with E-state index >= 15 is 0 Å². The monoisotopic (exact) mass is 343 g/mol. The predicted molar refractivity (Wildman–Crippen MR) is 81.1 cm³/mol. The molecule has 2 aromatic rings. The largest absolute Gasteiger partial charge is 0.347 e. The molecule has 1 N–H and O–H groups in total. The van der Waals surface area contributed by atoms with Gasteiger partial charge in [-0.2, -0.15) is 15.0 Å². The topological polar surface area (TPSA) is 88.1 Å². The van der Waals surface area contributed by atoms with Crippen molar-refractivity contribution in [3.63, 3.8) is 0 Å². The van der Waals surface area contributed by atoms with Crippen LogP contribution >= 0.6 is 0 Å². The van der Waals surface area contributed by atoms with Gasteiger partial charge in [0.25, 0.3) is 16.4 Å². The fraction of sp³-hybridized carbons (Fsp3) is 0.308. The Morgan fingerprint density at radius 2 is 1.78 bits per heavy atom. The van der Waals surface area contributed by atoms with E-state index in [2.05, 4.69) is 19.7 Å². The zero-order valence-electron chi connectivity index (χ0n) is 12.7. The molecule has 1 aromatic heterocycles. The highest BCUT2D eigenvalue weighted by atomic mass is 32.2. The molecule has 0 saturated carbocycles. The summed E-state index contributed by atoms with van der Waals surface area (Å²) in [6.45, 7) is 1.57. The van der Waals surface area contributed by atoms with Gasteiger partial charge < -0.3 is 4.90 Å². The first kappa shape index (κ1) is 17.0. The van der Waals surface area contributed by atoms with Crippen LogP contribution in [0.2, 0.25) is 0 Å². The summed E-state index contributed by atoms with van der Waals surface area (Å²) in [4.78, 5) is 12.9. The Hall–Kier alpha value is -2.36. The molecule has 0 saturated heterocycles. The molecule has 10 heteroatoms. The Kier molecular flexibility index (Phi) is 4.73. The molecule has 7 nitrogen and oxygen atoms in total. The third kappa shape index (κ3) is 3.89. The van der Waals surface area contributed by atoms with Crippen LogP contribution < -0.4 is 9.62 Å². The minimum Gasteiger partial charge on any atom is -0.347 e. The predicted octanol–water partition coefficient (Wildman–Crippen LogP) is 1.98. The molecule has 0 spiro atoms. The number of nitrogens with one attached hydrogen (secondary N) is 1. The second-order valence-electron chi connectivity index (χ2n) is 4.84. The maximum atomic E-state index is 13.0. The number of hydrogen-bond acceptors (Lipinski definition) is 6. The van der Waals surface area contributed by atoms with E-state index in [0.29, 0.717) is 5.82 Å². The van der Waals surface area contributed by atoms with Crippen molar-refractivity contribution < 1.29 is 17.2 Å². The van der Waals surface area contributed by atoms with E-state index in [-0.39, 0.29) is 11.9 Å². The van der Waals surface area contributed by atoms with Crippen LogP contribution in [0.5, 0.6) is 0 Å². The van der Waals surface area contributed by atoms with Gasteiger partial charge in [0, 0.05) is 19.7 Å². The molecular formula is C13H15F2N5O2S. The molecule has 0 amide bonds. The Bertz CT molecular complexity index is 812. The van der Waals surface area contributed by atoms with Crippen LogP contribution in [0.4, 0.5) is 20.7 Å². The third-order valence-electron chi connectivity index (χ3n) is 2.80. The molecule has 0 fully saturated rings. The molecule has 1 aromatic carbocycles. The highest BCUT2D eigenvalue weighted by Crippen LogP contribution is 2.27. The van der Waals surface area contributed by atoms with Crippen LogP contribution in [0.15, 0.2) is 29.2 Å². The SMILES string of the molecule is Cc1nc(NS(=O)(=O)c2ccccc2C(F)F)nc(N(C)C)n1. The van der Waals surface area contributed by atoms with Crippen LogP contribution in [0.3, 0.4) is 0 Å². The molecule has 124 valence electrons. The van der Waals surface area contributed by atoms with Gasteiger partial charge in [0.2, 0.25) is 11.9 Å². The summed E-state index contributed by atoms with van der Waals surface area (Å²) < 4.78 is 52.8. The molecule has 0 atom stereocenters. The Balaban J connectivity index is 2.44. The number of alkyl halides is 2. The lowest BCUT2D eigenvalue weighted by Crippen LogP contribution is -2.20. The average molecular weight is 343 g/mol. The van der Waals surface area contributed by atoms with Crippen LogP contribution in [0.25, 0.3) is 0 Å². The van der Waals surface area contributed by atoms with Crippen LogP contribution in [-0.2, 0) is 10.0 Å². The van der Waals surface area contributed by atoms with Gasteiger partial charge in [-0.15, -0.1) is 0 Å². The smallest absolute Gasteiger partial charge is 0.265 e. The maximum absolute atomic E-state index is 13.0. The normalized spacial score (nSPS) is 11.6. The van der Waals surface area contributed by atoms with Gasteiger partial charge in [-0.25, -0.2) is 21.9 Å².